The van der Waals surface area contributed by atoms with Crippen molar-refractivity contribution in [3.8, 4) is 0 Å². The van der Waals surface area contributed by atoms with Crippen molar-refractivity contribution in [2.45, 2.75) is 147 Å². The van der Waals surface area contributed by atoms with Crippen molar-refractivity contribution in [3.05, 3.63) is 106 Å². The lowest BCUT2D eigenvalue weighted by Crippen LogP contribution is -2.65. The summed E-state index contributed by atoms with van der Waals surface area (Å²) in [6.07, 6.45) is -4.51. The third kappa shape index (κ3) is 20.0. The minimum Gasteiger partial charge on any atom is -0.351 e. The number of amides is 11. The molecule has 1 unspecified atom stereocenters. The molecule has 0 radical (unpaired) electrons. The lowest BCUT2D eigenvalue weighted by molar-refractivity contribution is -0.158. The monoisotopic (exact) mass is 1290 g/mol. The Morgan fingerprint density at radius 2 is 1.11 bits per heavy atom. The summed E-state index contributed by atoms with van der Waals surface area (Å²) in [7, 11) is 9.62. The van der Waals surface area contributed by atoms with E-state index in [0.29, 0.717) is 28.1 Å². The predicted octanol–water partition coefficient (Wildman–Crippen LogP) is 4.05. The molecule has 0 bridgehead atoms. The molecule has 2 aliphatic heterocycles. The lowest BCUT2D eigenvalue weighted by atomic mass is 9.95. The number of fused-ring (bicyclic) bond motifs is 1. The van der Waals surface area contributed by atoms with E-state index in [1.807, 2.05) is 20.8 Å². The summed E-state index contributed by atoms with van der Waals surface area (Å²) in [5, 5.41) is 8.73. The normalized spacial score (nSPS) is 24.3. The largest absolute Gasteiger partial charge is 0.416 e. The summed E-state index contributed by atoms with van der Waals surface area (Å²) >= 11 is 6.20. The van der Waals surface area contributed by atoms with Crippen LogP contribution in [0.1, 0.15) is 95.9 Å². The van der Waals surface area contributed by atoms with Crippen LogP contribution in [0.15, 0.2) is 78.9 Å². The number of hydrogen-bond acceptors (Lipinski definition) is 11. The second-order valence-corrected chi connectivity index (χ2v) is 25.0. The van der Waals surface area contributed by atoms with Gasteiger partial charge in [-0.1, -0.05) is 100 Å². The molecular weight excluding hydrogens is 1200 g/mol. The molecule has 2 heterocycles. The number of likely N-dealkylation sites (N-methyl/N-ethyl adjacent to an activating group) is 7. The van der Waals surface area contributed by atoms with Gasteiger partial charge in [-0.3, -0.25) is 52.7 Å². The number of aryl methyl sites for hydroxylation is 1. The number of carbonyl (C=O) groups excluding carboxylic acids is 11. The quantitative estimate of drug-likeness (QED) is 0.247. The van der Waals surface area contributed by atoms with Gasteiger partial charge in [-0.15, -0.1) is 0 Å². The van der Waals surface area contributed by atoms with E-state index < -0.39 is 151 Å². The first-order valence-corrected chi connectivity index (χ1v) is 31.0. The molecule has 22 nitrogen and oxygen atoms in total. The maximum atomic E-state index is 15.1. The Kier molecular flexibility index (Phi) is 26.5. The topological polar surface area (TPSA) is 250 Å². The van der Waals surface area contributed by atoms with Crippen molar-refractivity contribution in [3.63, 3.8) is 0 Å². The number of alkyl halides is 3. The fourth-order valence-electron chi connectivity index (χ4n) is 10.8. The van der Waals surface area contributed by atoms with Crippen molar-refractivity contribution in [2.24, 2.45) is 11.8 Å². The highest BCUT2D eigenvalue weighted by molar-refractivity contribution is 6.30. The van der Waals surface area contributed by atoms with Crippen LogP contribution < -0.4 is 16.0 Å². The molecule has 9 atom stereocenters. The first kappa shape index (κ1) is 73.6. The zero-order valence-corrected chi connectivity index (χ0v) is 55.1. The first-order chi connectivity index (χ1) is 42.6. The van der Waals surface area contributed by atoms with Crippen LogP contribution in [0.2, 0.25) is 5.02 Å². The molecule has 26 heteroatoms. The van der Waals surface area contributed by atoms with Crippen LogP contribution in [0.5, 0.6) is 0 Å². The zero-order chi connectivity index (χ0) is 67.9. The molecule has 2 saturated heterocycles. The number of nitrogens with zero attached hydrogens (tertiary/aromatic N) is 8. The van der Waals surface area contributed by atoms with Gasteiger partial charge in [-0.2, -0.15) is 13.2 Å². The van der Waals surface area contributed by atoms with E-state index >= 15 is 4.79 Å². The highest BCUT2D eigenvalue weighted by Gasteiger charge is 2.45. The van der Waals surface area contributed by atoms with Crippen LogP contribution in [0.4, 0.5) is 13.2 Å². The van der Waals surface area contributed by atoms with Gasteiger partial charge in [0, 0.05) is 86.2 Å². The SMILES string of the molecule is CCC(C)[C@@H]1NC(=O)[C@H](C)N(C)C(=O)C[C@@H](C)NC(=O)[C@H](CC(C)C)N(C)C(=O)[C@H](Cc2ccccc2)N(C)C(=O)[C@@H]2CCN2C(=O)[C@H](CCc2ccc(C(F)(F)F)cc2)NC(=O)CN(C)C(=O)[C@H](Cc2ccc(Cl)cc2)N(C)C(=O)CN(C)C(=O)CN(C)C1=O. The maximum absolute atomic E-state index is 15.1. The third-order valence-corrected chi connectivity index (χ3v) is 17.5. The third-order valence-electron chi connectivity index (χ3n) is 17.2. The van der Waals surface area contributed by atoms with Crippen LogP contribution >= 0.6 is 11.6 Å². The van der Waals surface area contributed by atoms with Gasteiger partial charge in [0.2, 0.25) is 65.0 Å². The van der Waals surface area contributed by atoms with E-state index in [1.165, 1.54) is 88.0 Å². The summed E-state index contributed by atoms with van der Waals surface area (Å²) in [4.78, 5) is 168. The van der Waals surface area contributed by atoms with Crippen molar-refractivity contribution in [2.75, 3.05) is 75.5 Å². The maximum Gasteiger partial charge on any atom is 0.416 e. The van der Waals surface area contributed by atoms with Gasteiger partial charge in [0.1, 0.15) is 42.3 Å². The average molecular weight is 1290 g/mol. The Labute approximate surface area is 536 Å². The molecule has 0 saturated carbocycles. The summed E-state index contributed by atoms with van der Waals surface area (Å²) < 4.78 is 40.8. The van der Waals surface area contributed by atoms with Crippen LogP contribution in [0.3, 0.4) is 0 Å². The van der Waals surface area contributed by atoms with E-state index in [4.69, 9.17) is 11.6 Å². The fraction of sp³-hybridized carbons (Fsp3) is 0.554. The van der Waals surface area contributed by atoms with Crippen LogP contribution in [0.25, 0.3) is 0 Å². The molecule has 3 aromatic rings. The highest BCUT2D eigenvalue weighted by atomic mass is 35.5. The van der Waals surface area contributed by atoms with Crippen molar-refractivity contribution >= 4 is 76.6 Å². The summed E-state index contributed by atoms with van der Waals surface area (Å²) in [5.74, 6) is -8.02. The second kappa shape index (κ2) is 32.8. The molecule has 0 aromatic heterocycles. The van der Waals surface area contributed by atoms with Crippen LogP contribution in [0, 0.1) is 11.8 Å². The molecule has 3 N–H and O–H groups in total. The minimum atomic E-state index is -4.63. The summed E-state index contributed by atoms with van der Waals surface area (Å²) in [5.41, 5.74) is 0.716. The Bertz CT molecular complexity index is 3090. The smallest absolute Gasteiger partial charge is 0.351 e. The highest BCUT2D eigenvalue weighted by Crippen LogP contribution is 2.30. The molecule has 498 valence electrons. The van der Waals surface area contributed by atoms with Gasteiger partial charge < -0.3 is 55.1 Å². The number of halogens is 4. The van der Waals surface area contributed by atoms with Crippen molar-refractivity contribution in [1.29, 1.82) is 0 Å². The first-order valence-electron chi connectivity index (χ1n) is 30.6. The van der Waals surface area contributed by atoms with Gasteiger partial charge in [0.25, 0.3) is 0 Å². The number of hydrogen-bond donors (Lipinski definition) is 3. The number of rotatable bonds is 11. The Hall–Kier alpha value is -8.09. The van der Waals surface area contributed by atoms with Gasteiger partial charge in [-0.25, -0.2) is 0 Å². The second-order valence-electron chi connectivity index (χ2n) is 24.6. The molecule has 2 aliphatic rings. The average Bonchev–Trinajstić information content (AvgIpc) is 0.811. The van der Waals surface area contributed by atoms with Gasteiger partial charge in [0.05, 0.1) is 25.2 Å². The van der Waals surface area contributed by atoms with E-state index in [1.54, 1.807) is 68.4 Å². The van der Waals surface area contributed by atoms with E-state index in [0.717, 1.165) is 31.7 Å². The minimum absolute atomic E-state index is 0.0197. The molecular formula is C65H89ClF3N11O11. The Balaban J connectivity index is 1.56. The zero-order valence-electron chi connectivity index (χ0n) is 54.3. The standard InChI is InChI=1S/C65H89ClF3N11O11/c1-14-40(4)57-64(91)75(9)37-55(83)73(7)38-56(84)77(11)51(35-45-22-27-47(66)28-23-45)61(88)74(8)36-53(81)71-48(29-24-43-20-25-46(26-21-43)65(67,68)69)60(87)80-31-30-49(80)62(89)79(13)52(34-44-18-16-15-17-19-44)63(90)78(12)50(32-39(2)3)59(86)70-41(5)33-54(82)76(10)42(6)58(85)72-57/h15-23,25-28,39-42,48-52,57H,14,24,29-38H2,1-13H3,(H,70,86)(H,71,81)(H,72,85)/t40?,41-,42+,48+,49+,50+,51+,52+,57+/m1/s1. The van der Waals surface area contributed by atoms with E-state index in [9.17, 15) is 61.1 Å². The summed E-state index contributed by atoms with van der Waals surface area (Å²) in [6.45, 7) is 8.59. The Morgan fingerprint density at radius 3 is 1.67 bits per heavy atom. The molecule has 2 fully saturated rings. The summed E-state index contributed by atoms with van der Waals surface area (Å²) in [6, 6.07) is 10.2. The number of carbonyl (C=O) groups is 11. The molecule has 0 spiro atoms. The van der Waals surface area contributed by atoms with Gasteiger partial charge >= 0.3 is 6.18 Å². The van der Waals surface area contributed by atoms with Crippen LogP contribution in [-0.2, 0) is 78.2 Å². The van der Waals surface area contributed by atoms with Gasteiger partial charge in [-0.05, 0) is 92.3 Å². The molecule has 11 amide bonds. The van der Waals surface area contributed by atoms with E-state index in [-0.39, 0.29) is 57.4 Å². The fourth-order valence-corrected chi connectivity index (χ4v) is 10.9. The molecule has 91 heavy (non-hydrogen) atoms. The molecule has 5 rings (SSSR count). The van der Waals surface area contributed by atoms with Crippen LogP contribution in [-0.4, -0.2) is 228 Å². The number of benzene rings is 3. The Morgan fingerprint density at radius 1 is 0.560 bits per heavy atom. The number of nitrogens with one attached hydrogen (secondary N) is 3. The van der Waals surface area contributed by atoms with Crippen molar-refractivity contribution < 1.29 is 65.9 Å². The van der Waals surface area contributed by atoms with E-state index in [2.05, 4.69) is 16.0 Å². The van der Waals surface area contributed by atoms with Gasteiger partial charge in [0.15, 0.2) is 0 Å². The van der Waals surface area contributed by atoms with Crippen molar-refractivity contribution in [1.82, 2.24) is 55.1 Å². The molecule has 0 aliphatic carbocycles. The molecule has 3 aromatic carbocycles. The predicted molar refractivity (Wildman–Crippen MR) is 335 cm³/mol. The lowest BCUT2D eigenvalue weighted by Gasteiger charge is -2.44.